The van der Waals surface area contributed by atoms with Crippen LogP contribution < -0.4 is 21.9 Å². The smallest absolute Gasteiger partial charge is 0.221 e. The molecule has 0 saturated carbocycles. The lowest BCUT2D eigenvalue weighted by atomic mass is 10.0. The minimum atomic E-state index is -3.57. The number of primary sulfonamides is 1. The fourth-order valence-corrected chi connectivity index (χ4v) is 1.85. The van der Waals surface area contributed by atoms with E-state index in [0.717, 1.165) is 5.56 Å². The van der Waals surface area contributed by atoms with Crippen molar-refractivity contribution < 1.29 is 13.2 Å². The van der Waals surface area contributed by atoms with Crippen molar-refractivity contribution in [3.63, 3.8) is 0 Å². The Morgan fingerprint density at radius 3 is 2.37 bits per heavy atom. The molecular formula is C11H18N4O3S. The molecular weight excluding hydrogens is 268 g/mol. The van der Waals surface area contributed by atoms with E-state index in [1.165, 1.54) is 0 Å². The standard InChI is InChI=1S/C11H18N4O3S/c12-9-3-1-8(2-4-9)10(13)7-11(16)15-5-6-19(14,17)18/h1-4,10H,5-7,12-13H2,(H,15,16)(H2,14,17,18). The minimum absolute atomic E-state index is 0.0217. The van der Waals surface area contributed by atoms with Crippen LogP contribution in [-0.4, -0.2) is 26.6 Å². The molecule has 106 valence electrons. The number of nitrogens with two attached hydrogens (primary N) is 3. The van der Waals surface area contributed by atoms with E-state index in [1.807, 2.05) is 0 Å². The SMILES string of the molecule is Nc1ccc(C(N)CC(=O)NCCS(N)(=O)=O)cc1. The number of benzene rings is 1. The average molecular weight is 286 g/mol. The molecule has 0 saturated heterocycles. The van der Waals surface area contributed by atoms with Crippen molar-refractivity contribution in [1.82, 2.24) is 5.32 Å². The molecule has 1 aromatic carbocycles. The van der Waals surface area contributed by atoms with Crippen LogP contribution in [-0.2, 0) is 14.8 Å². The molecule has 0 aliphatic heterocycles. The molecule has 1 aromatic rings. The Kier molecular flexibility index (Phi) is 5.28. The molecule has 1 atom stereocenters. The Morgan fingerprint density at radius 2 is 1.84 bits per heavy atom. The fraction of sp³-hybridized carbons (Fsp3) is 0.364. The zero-order valence-corrected chi connectivity index (χ0v) is 11.2. The van der Waals surface area contributed by atoms with E-state index in [2.05, 4.69) is 5.32 Å². The lowest BCUT2D eigenvalue weighted by Crippen LogP contribution is -2.33. The van der Waals surface area contributed by atoms with Gasteiger partial charge in [-0.25, -0.2) is 13.6 Å². The number of hydrogen-bond acceptors (Lipinski definition) is 5. The predicted octanol–water partition coefficient (Wildman–Crippen LogP) is -0.937. The van der Waals surface area contributed by atoms with Gasteiger partial charge in [0.25, 0.3) is 0 Å². The van der Waals surface area contributed by atoms with E-state index in [9.17, 15) is 13.2 Å². The Balaban J connectivity index is 2.42. The molecule has 8 heteroatoms. The van der Waals surface area contributed by atoms with Gasteiger partial charge >= 0.3 is 0 Å². The third-order valence-corrected chi connectivity index (χ3v) is 3.25. The van der Waals surface area contributed by atoms with Gasteiger partial charge in [0.15, 0.2) is 0 Å². The number of carbonyl (C=O) groups is 1. The molecule has 0 aromatic heterocycles. The quantitative estimate of drug-likeness (QED) is 0.499. The first kappa shape index (κ1) is 15.4. The normalized spacial score (nSPS) is 12.9. The summed E-state index contributed by atoms with van der Waals surface area (Å²) in [6.07, 6.45) is 0.0640. The molecule has 0 radical (unpaired) electrons. The van der Waals surface area contributed by atoms with Crippen molar-refractivity contribution >= 4 is 21.6 Å². The van der Waals surface area contributed by atoms with Crippen LogP contribution in [0.3, 0.4) is 0 Å². The molecule has 0 aliphatic carbocycles. The largest absolute Gasteiger partial charge is 0.399 e. The molecule has 1 unspecified atom stereocenters. The van der Waals surface area contributed by atoms with Crippen molar-refractivity contribution in [2.75, 3.05) is 18.0 Å². The third-order valence-electron chi connectivity index (χ3n) is 2.48. The van der Waals surface area contributed by atoms with Crippen LogP contribution in [0.1, 0.15) is 18.0 Å². The number of rotatable bonds is 6. The number of nitrogens with one attached hydrogen (secondary N) is 1. The highest BCUT2D eigenvalue weighted by atomic mass is 32.2. The molecule has 19 heavy (non-hydrogen) atoms. The van der Waals surface area contributed by atoms with Crippen molar-refractivity contribution in [2.45, 2.75) is 12.5 Å². The van der Waals surface area contributed by atoms with Gasteiger partial charge in [0.1, 0.15) is 0 Å². The van der Waals surface area contributed by atoms with Gasteiger partial charge in [-0.3, -0.25) is 4.79 Å². The van der Waals surface area contributed by atoms with Crippen LogP contribution in [0.25, 0.3) is 0 Å². The summed E-state index contributed by atoms with van der Waals surface area (Å²) >= 11 is 0. The number of hydrogen-bond donors (Lipinski definition) is 4. The number of anilines is 1. The molecule has 7 nitrogen and oxygen atoms in total. The van der Waals surface area contributed by atoms with Crippen LogP contribution in [0.5, 0.6) is 0 Å². The monoisotopic (exact) mass is 286 g/mol. The lowest BCUT2D eigenvalue weighted by Gasteiger charge is -2.12. The highest BCUT2D eigenvalue weighted by molar-refractivity contribution is 7.89. The van der Waals surface area contributed by atoms with Crippen molar-refractivity contribution in [2.24, 2.45) is 10.9 Å². The second kappa shape index (κ2) is 6.50. The van der Waals surface area contributed by atoms with Crippen LogP contribution in [0.4, 0.5) is 5.69 Å². The zero-order valence-electron chi connectivity index (χ0n) is 10.4. The first-order chi connectivity index (χ1) is 8.78. The zero-order chi connectivity index (χ0) is 14.5. The molecule has 0 aliphatic rings. The van der Waals surface area contributed by atoms with Crippen molar-refractivity contribution in [3.05, 3.63) is 29.8 Å². The van der Waals surface area contributed by atoms with E-state index < -0.39 is 16.1 Å². The number of sulfonamides is 1. The Labute approximate surface area is 112 Å². The second-order valence-electron chi connectivity index (χ2n) is 4.19. The third kappa shape index (κ3) is 6.18. The lowest BCUT2D eigenvalue weighted by molar-refractivity contribution is -0.121. The number of nitrogen functional groups attached to an aromatic ring is 1. The first-order valence-electron chi connectivity index (χ1n) is 5.66. The maximum Gasteiger partial charge on any atom is 0.221 e. The maximum absolute atomic E-state index is 11.5. The van der Waals surface area contributed by atoms with Gasteiger partial charge < -0.3 is 16.8 Å². The van der Waals surface area contributed by atoms with Crippen LogP contribution in [0.15, 0.2) is 24.3 Å². The van der Waals surface area contributed by atoms with Gasteiger partial charge in [-0.05, 0) is 17.7 Å². The summed E-state index contributed by atoms with van der Waals surface area (Å²) in [6, 6.07) is 6.44. The van der Waals surface area contributed by atoms with Gasteiger partial charge in [-0.2, -0.15) is 0 Å². The van der Waals surface area contributed by atoms with Gasteiger partial charge in [0, 0.05) is 24.7 Å². The van der Waals surface area contributed by atoms with Crippen LogP contribution >= 0.6 is 0 Å². The predicted molar refractivity (Wildman–Crippen MR) is 73.4 cm³/mol. The highest BCUT2D eigenvalue weighted by Crippen LogP contribution is 2.15. The van der Waals surface area contributed by atoms with E-state index in [0.29, 0.717) is 5.69 Å². The molecule has 7 N–H and O–H groups in total. The highest BCUT2D eigenvalue weighted by Gasteiger charge is 2.12. The van der Waals surface area contributed by atoms with E-state index >= 15 is 0 Å². The Bertz CT molecular complexity index is 527. The Morgan fingerprint density at radius 1 is 1.26 bits per heavy atom. The van der Waals surface area contributed by atoms with Crippen LogP contribution in [0, 0.1) is 0 Å². The molecule has 1 amide bonds. The van der Waals surface area contributed by atoms with Crippen molar-refractivity contribution in [3.8, 4) is 0 Å². The second-order valence-corrected chi connectivity index (χ2v) is 5.93. The number of amides is 1. The summed E-state index contributed by atoms with van der Waals surface area (Å²) in [5, 5.41) is 7.26. The minimum Gasteiger partial charge on any atom is -0.399 e. The van der Waals surface area contributed by atoms with E-state index in [4.69, 9.17) is 16.6 Å². The number of carbonyl (C=O) groups excluding carboxylic acids is 1. The summed E-state index contributed by atoms with van der Waals surface area (Å²) < 4.78 is 21.4. The molecule has 0 spiro atoms. The maximum atomic E-state index is 11.5. The topological polar surface area (TPSA) is 141 Å². The van der Waals surface area contributed by atoms with Crippen LogP contribution in [0.2, 0.25) is 0 Å². The molecule has 0 bridgehead atoms. The molecule has 1 rings (SSSR count). The first-order valence-corrected chi connectivity index (χ1v) is 7.37. The molecule has 0 heterocycles. The van der Waals surface area contributed by atoms with Crippen molar-refractivity contribution in [1.29, 1.82) is 0 Å². The summed E-state index contributed by atoms with van der Waals surface area (Å²) in [6.45, 7) is -0.0217. The molecule has 0 fully saturated rings. The summed E-state index contributed by atoms with van der Waals surface area (Å²) in [5.41, 5.74) is 12.8. The summed E-state index contributed by atoms with van der Waals surface area (Å²) in [5.74, 6) is -0.622. The average Bonchev–Trinajstić information content (AvgIpc) is 2.27. The van der Waals surface area contributed by atoms with Gasteiger partial charge in [0.2, 0.25) is 15.9 Å². The summed E-state index contributed by atoms with van der Waals surface area (Å²) in [7, 11) is -3.57. The van der Waals surface area contributed by atoms with E-state index in [-0.39, 0.29) is 24.6 Å². The van der Waals surface area contributed by atoms with Gasteiger partial charge in [0.05, 0.1) is 5.75 Å². The fourth-order valence-electron chi connectivity index (χ4n) is 1.47. The van der Waals surface area contributed by atoms with E-state index in [1.54, 1.807) is 24.3 Å². The van der Waals surface area contributed by atoms with Gasteiger partial charge in [-0.1, -0.05) is 12.1 Å². The summed E-state index contributed by atoms with van der Waals surface area (Å²) in [4.78, 5) is 11.5. The van der Waals surface area contributed by atoms with Gasteiger partial charge in [-0.15, -0.1) is 0 Å². The Hall–Kier alpha value is -1.64.